The van der Waals surface area contributed by atoms with E-state index >= 15 is 0 Å². The van der Waals surface area contributed by atoms with Crippen LogP contribution < -0.4 is 31.8 Å². The summed E-state index contributed by atoms with van der Waals surface area (Å²) < 4.78 is 2.44. The van der Waals surface area contributed by atoms with Gasteiger partial charge in [-0.05, 0) is 282 Å². The second kappa shape index (κ2) is 61.4. The Hall–Kier alpha value is -1.88. The predicted molar refractivity (Wildman–Crippen MR) is 609 cm³/mol. The van der Waals surface area contributed by atoms with E-state index in [1.54, 1.807) is 270 Å². The normalized spacial score (nSPS) is 21.0. The van der Waals surface area contributed by atoms with Crippen LogP contribution in [0.1, 0.15) is 375 Å². The summed E-state index contributed by atoms with van der Waals surface area (Å²) in [6, 6.07) is 82.2. The maximum Gasteiger partial charge on any atom is 0.102 e. The van der Waals surface area contributed by atoms with E-state index in [-0.39, 0.29) is 21.2 Å². The van der Waals surface area contributed by atoms with Gasteiger partial charge in [-0.15, -0.1) is 23.2 Å². The second-order valence-electron chi connectivity index (χ2n) is 41.4. The molecule has 0 aliphatic heterocycles. The minimum atomic E-state index is -1.81. The minimum Gasteiger partial charge on any atom is -0.0620 e. The number of allylic oxidation sites excluding steroid dienone is 4. The summed E-state index contributed by atoms with van der Waals surface area (Å²) in [5, 5.41) is 8.81. The van der Waals surface area contributed by atoms with Crippen LogP contribution in [0.5, 0.6) is 0 Å². The number of hydrogen-bond donors (Lipinski definition) is 0. The maximum atomic E-state index is 6.24. The minimum absolute atomic E-state index is 0.0465. The van der Waals surface area contributed by atoms with Gasteiger partial charge in [0.2, 0.25) is 0 Å². The van der Waals surface area contributed by atoms with Gasteiger partial charge in [0.05, 0.1) is 55.1 Å². The Morgan fingerprint density at radius 2 is 0.373 bits per heavy atom. The SMILES string of the molecule is C1CCC(P(C2CCCCC2)C2CCCCC2)CC1.C1CCC([PH+](C2CCCCC2)C2CCCCC2)CC1.C1CCC([PH+](C2CCCCC2)C2CCCCC2)CC1.ClCCl.[Cl][Ru]([Cl])=[C]1C=C(C2CCCCC2)c2ccccc21.[Cl][Ru]([Cl])=[C]1C=C(C2CCCCC2)c2ccccc21.c1ccc([PH+](c2ccccc2)c2ccccc2)cc1.c1ccc([PH+](c2ccccc2)c2ccccc2)cc1. The van der Waals surface area contributed by atoms with Gasteiger partial charge in [0, 0.05) is 15.8 Å². The van der Waals surface area contributed by atoms with Crippen molar-refractivity contribution in [3.05, 3.63) is 265 Å². The third kappa shape index (κ3) is 33.1. The first kappa shape index (κ1) is 108. The number of halogens is 6. The monoisotopic (exact) mass is 2190 g/mol. The van der Waals surface area contributed by atoms with Gasteiger partial charge in [-0.2, -0.15) is 0 Å². The molecule has 0 atom stereocenters. The Balaban J connectivity index is 0.000000125. The van der Waals surface area contributed by atoms with Crippen LogP contribution in [0.2, 0.25) is 0 Å². The molecule has 0 nitrogen and oxygen atoms in total. The summed E-state index contributed by atoms with van der Waals surface area (Å²) in [7, 11) is 23.5. The van der Waals surface area contributed by atoms with Gasteiger partial charge in [-0.1, -0.05) is 213 Å². The Morgan fingerprint density at radius 3 is 0.560 bits per heavy atom. The molecule has 0 heterocycles. The number of rotatable bonds is 17. The molecule has 0 saturated heterocycles. The largest absolute Gasteiger partial charge is 0.102 e. The van der Waals surface area contributed by atoms with Crippen molar-refractivity contribution in [2.75, 3.05) is 5.34 Å². The molecule has 134 heavy (non-hydrogen) atoms. The summed E-state index contributed by atoms with van der Waals surface area (Å²) in [5.41, 5.74) is 19.3. The Kier molecular flexibility index (Phi) is 49.4. The van der Waals surface area contributed by atoms with Crippen LogP contribution in [0, 0.1) is 11.8 Å². The van der Waals surface area contributed by atoms with Crippen molar-refractivity contribution >= 4 is 153 Å². The molecular formula is C121H167Cl6P5Ru2+4. The molecule has 13 aliphatic carbocycles. The van der Waals surface area contributed by atoms with E-state index in [1.807, 2.05) is 0 Å². The molecule has 0 amide bonds. The predicted octanol–water partition coefficient (Wildman–Crippen LogP) is 36.9. The second-order valence-corrected chi connectivity index (χ2v) is 68.8. The third-order valence-corrected chi connectivity index (χ3v) is 57.7. The van der Waals surface area contributed by atoms with E-state index in [1.165, 1.54) is 208 Å². The fourth-order valence-electron chi connectivity index (χ4n) is 26.5. The maximum absolute atomic E-state index is 6.24. The van der Waals surface area contributed by atoms with E-state index < -0.39 is 42.9 Å². The van der Waals surface area contributed by atoms with Crippen LogP contribution in [0.4, 0.5) is 0 Å². The van der Waals surface area contributed by atoms with Gasteiger partial charge in [0.25, 0.3) is 0 Å². The van der Waals surface area contributed by atoms with E-state index in [9.17, 15) is 0 Å². The summed E-state index contributed by atoms with van der Waals surface area (Å²) in [6.45, 7) is 0. The van der Waals surface area contributed by atoms with Crippen LogP contribution >= 0.6 is 102 Å². The van der Waals surface area contributed by atoms with Crippen molar-refractivity contribution in [2.24, 2.45) is 11.8 Å². The van der Waals surface area contributed by atoms with Crippen molar-refractivity contribution in [1.29, 1.82) is 0 Å². The molecular weight excluding hydrogens is 2020 g/mol. The van der Waals surface area contributed by atoms with Crippen LogP contribution in [-0.4, -0.2) is 64.5 Å². The third-order valence-electron chi connectivity index (χ3n) is 32.7. The van der Waals surface area contributed by atoms with E-state index in [0.29, 0.717) is 7.92 Å². The van der Waals surface area contributed by atoms with Gasteiger partial charge < -0.3 is 0 Å². The van der Waals surface area contributed by atoms with Crippen molar-refractivity contribution < 1.29 is 27.0 Å². The molecule has 0 unspecified atom stereocenters. The van der Waals surface area contributed by atoms with Crippen molar-refractivity contribution in [2.45, 2.75) is 404 Å². The van der Waals surface area contributed by atoms with Crippen molar-refractivity contribution in [3.8, 4) is 0 Å². The first-order valence-electron chi connectivity index (χ1n) is 54.3. The van der Waals surface area contributed by atoms with Crippen LogP contribution in [-0.2, 0) is 27.0 Å². The summed E-state index contributed by atoms with van der Waals surface area (Å²) in [4.78, 5) is 0. The molecule has 21 rings (SSSR count). The molecule has 8 aromatic carbocycles. The summed E-state index contributed by atoms with van der Waals surface area (Å²) >= 11 is 5.91. The van der Waals surface area contributed by atoms with Crippen LogP contribution in [0.15, 0.2) is 243 Å². The average Bonchev–Trinajstić information content (AvgIpc) is 1.66. The molecule has 13 heteroatoms. The molecule has 13 aliphatic rings. The van der Waals surface area contributed by atoms with Gasteiger partial charge in [-0.25, -0.2) is 0 Å². The van der Waals surface area contributed by atoms with Crippen molar-refractivity contribution in [1.82, 2.24) is 0 Å². The Bertz CT molecular complexity index is 4010. The number of benzene rings is 8. The first-order valence-corrected chi connectivity index (χ1v) is 74.0. The van der Waals surface area contributed by atoms with E-state index in [2.05, 4.69) is 243 Å². The molecule has 0 radical (unpaired) electrons. The molecule has 11 fully saturated rings. The smallest absolute Gasteiger partial charge is 0.0620 e. The fourth-order valence-corrected chi connectivity index (χ4v) is 51.7. The zero-order valence-corrected chi connectivity index (χ0v) is 94.4. The quantitative estimate of drug-likeness (QED) is 0.0484. The molecule has 8 aromatic rings. The van der Waals surface area contributed by atoms with Gasteiger partial charge in [0.1, 0.15) is 31.8 Å². The zero-order chi connectivity index (χ0) is 92.4. The van der Waals surface area contributed by atoms with Gasteiger partial charge >= 0.3 is 244 Å². The van der Waals surface area contributed by atoms with Gasteiger partial charge in [0.15, 0.2) is 0 Å². The van der Waals surface area contributed by atoms with Crippen LogP contribution in [0.3, 0.4) is 0 Å². The molecule has 0 bridgehead atoms. The van der Waals surface area contributed by atoms with E-state index in [0.717, 1.165) is 11.8 Å². The Morgan fingerprint density at radius 1 is 0.209 bits per heavy atom. The van der Waals surface area contributed by atoms with Crippen molar-refractivity contribution in [3.63, 3.8) is 0 Å². The molecule has 0 aromatic heterocycles. The molecule has 0 spiro atoms. The summed E-state index contributed by atoms with van der Waals surface area (Å²) in [6.07, 6.45) is 89.4. The molecule has 11 saturated carbocycles. The standard InChI is InChI=1S/3C18H33P.2C18H15P.2C15H16.CH2Cl2.4ClH.2Ru/c5*1-4-10-16(11-5-1)19(17-12-6-2-7-13-17)18-14-8-3-9-15-18;2*1-2-6-12(7-3-1)15-11-10-13-8-4-5-9-14(13)15;2-1-3;;;;;;/h3*16-18H,1-15H2;2*1-15H;2*4-5,8-9,11-12H,1-3,6-7H2;1H2;4*1H;;/q;;;;;;;;;;;;2*+2. The van der Waals surface area contributed by atoms with Crippen LogP contribution in [0.25, 0.3) is 11.1 Å². The first-order chi connectivity index (χ1) is 66.2. The summed E-state index contributed by atoms with van der Waals surface area (Å²) in [5.74, 6) is 1.44. The number of fused-ring (bicyclic) bond motifs is 2. The molecule has 0 N–H and O–H groups in total. The average molecular weight is 2190 g/mol. The Labute approximate surface area is 857 Å². The zero-order valence-electron chi connectivity index (χ0n) is 81.5. The van der Waals surface area contributed by atoms with Gasteiger partial charge in [-0.3, -0.25) is 0 Å². The molecule has 730 valence electrons. The van der Waals surface area contributed by atoms with E-state index in [4.69, 9.17) is 62.0 Å². The fraction of sp³-hybridized carbons (Fsp3) is 0.554. The number of alkyl halides is 2. The number of hydrogen-bond acceptors (Lipinski definition) is 0. The topological polar surface area (TPSA) is 0 Å².